The van der Waals surface area contributed by atoms with E-state index in [-0.39, 0.29) is 18.1 Å². The summed E-state index contributed by atoms with van der Waals surface area (Å²) in [7, 11) is -2.96. The summed E-state index contributed by atoms with van der Waals surface area (Å²) in [6.45, 7) is 0.348. The molecule has 0 unspecified atom stereocenters. The zero-order chi connectivity index (χ0) is 13.6. The van der Waals surface area contributed by atoms with E-state index >= 15 is 0 Å². The van der Waals surface area contributed by atoms with Gasteiger partial charge in [0.2, 0.25) is 5.91 Å². The number of nitrogens with one attached hydrogen (secondary N) is 1. The summed E-state index contributed by atoms with van der Waals surface area (Å²) in [5, 5.41) is 2.64. The summed E-state index contributed by atoms with van der Waals surface area (Å²) in [4.78, 5) is 15.5. The molecule has 1 aromatic rings. The lowest BCUT2D eigenvalue weighted by Gasteiger charge is -2.04. The lowest BCUT2D eigenvalue weighted by atomic mass is 10.2. The van der Waals surface area contributed by atoms with Gasteiger partial charge in [0.25, 0.3) is 0 Å². The van der Waals surface area contributed by atoms with Gasteiger partial charge in [0.15, 0.2) is 0 Å². The van der Waals surface area contributed by atoms with Crippen LogP contribution in [-0.2, 0) is 21.1 Å². The highest BCUT2D eigenvalue weighted by Gasteiger charge is 2.05. The lowest BCUT2D eigenvalue weighted by molar-refractivity contribution is -0.120. The molecular weight excluding hydrogens is 254 g/mol. The van der Waals surface area contributed by atoms with E-state index in [0.29, 0.717) is 24.3 Å². The molecule has 0 saturated carbocycles. The molecule has 1 rings (SSSR count). The zero-order valence-corrected chi connectivity index (χ0v) is 11.0. The first-order chi connectivity index (χ1) is 8.37. The van der Waals surface area contributed by atoms with Crippen molar-refractivity contribution in [2.24, 2.45) is 0 Å². The molecule has 6 nitrogen and oxygen atoms in total. The number of nitrogen functional groups attached to an aromatic ring is 1. The monoisotopic (exact) mass is 271 g/mol. The third-order valence-corrected chi connectivity index (χ3v) is 3.23. The fourth-order valence-electron chi connectivity index (χ4n) is 1.33. The van der Waals surface area contributed by atoms with Crippen LogP contribution in [0.1, 0.15) is 12.1 Å². The Balaban J connectivity index is 2.28. The Labute approximate surface area is 107 Å². The van der Waals surface area contributed by atoms with Gasteiger partial charge in [-0.3, -0.25) is 9.78 Å². The van der Waals surface area contributed by atoms with E-state index in [4.69, 9.17) is 5.73 Å². The Morgan fingerprint density at radius 1 is 1.44 bits per heavy atom. The summed E-state index contributed by atoms with van der Waals surface area (Å²) in [6, 6.07) is 3.37. The fourth-order valence-corrected chi connectivity index (χ4v) is 2.00. The Hall–Kier alpha value is -1.63. The molecule has 1 amide bonds. The van der Waals surface area contributed by atoms with Gasteiger partial charge in [-0.15, -0.1) is 0 Å². The Bertz CT molecular complexity index is 497. The predicted molar refractivity (Wildman–Crippen MR) is 69.7 cm³/mol. The van der Waals surface area contributed by atoms with Gasteiger partial charge < -0.3 is 11.1 Å². The molecule has 0 saturated heterocycles. The van der Waals surface area contributed by atoms with E-state index in [1.807, 2.05) is 0 Å². The first-order valence-corrected chi connectivity index (χ1v) is 7.58. The van der Waals surface area contributed by atoms with Crippen molar-refractivity contribution in [3.8, 4) is 0 Å². The number of hydrogen-bond acceptors (Lipinski definition) is 5. The van der Waals surface area contributed by atoms with Crippen molar-refractivity contribution in [2.45, 2.75) is 12.8 Å². The largest absolute Gasteiger partial charge is 0.397 e. The van der Waals surface area contributed by atoms with Crippen LogP contribution in [0.2, 0.25) is 0 Å². The summed E-state index contributed by atoms with van der Waals surface area (Å²) >= 11 is 0. The minimum absolute atomic E-state index is 0.0768. The van der Waals surface area contributed by atoms with Gasteiger partial charge in [-0.05, 0) is 18.6 Å². The van der Waals surface area contributed by atoms with Crippen molar-refractivity contribution >= 4 is 21.4 Å². The number of pyridine rings is 1. The van der Waals surface area contributed by atoms with Gasteiger partial charge in [0.1, 0.15) is 9.84 Å². The maximum Gasteiger partial charge on any atom is 0.226 e. The average Bonchev–Trinajstić information content (AvgIpc) is 2.26. The van der Waals surface area contributed by atoms with Crippen molar-refractivity contribution in [2.75, 3.05) is 24.3 Å². The Morgan fingerprint density at radius 3 is 2.72 bits per heavy atom. The van der Waals surface area contributed by atoms with Gasteiger partial charge in [-0.1, -0.05) is 0 Å². The summed E-state index contributed by atoms with van der Waals surface area (Å²) in [5.41, 5.74) is 6.65. The van der Waals surface area contributed by atoms with E-state index in [1.165, 1.54) is 12.5 Å². The molecule has 0 aromatic carbocycles. The quantitative estimate of drug-likeness (QED) is 0.695. The zero-order valence-electron chi connectivity index (χ0n) is 10.2. The molecule has 3 N–H and O–H groups in total. The second-order valence-corrected chi connectivity index (χ2v) is 6.35. The molecule has 0 aliphatic heterocycles. The van der Waals surface area contributed by atoms with Crippen LogP contribution in [-0.4, -0.2) is 37.9 Å². The molecule has 0 aliphatic carbocycles. The van der Waals surface area contributed by atoms with E-state index in [0.717, 1.165) is 0 Å². The van der Waals surface area contributed by atoms with Crippen LogP contribution in [0.5, 0.6) is 0 Å². The Morgan fingerprint density at radius 2 is 2.17 bits per heavy atom. The second kappa shape index (κ2) is 6.34. The molecule has 0 spiro atoms. The highest BCUT2D eigenvalue weighted by molar-refractivity contribution is 7.90. The molecule has 0 atom stereocenters. The molecule has 0 radical (unpaired) electrons. The predicted octanol–water partition coefficient (Wildman–Crippen LogP) is -0.243. The number of anilines is 1. The van der Waals surface area contributed by atoms with Gasteiger partial charge in [-0.2, -0.15) is 0 Å². The number of sulfone groups is 1. The van der Waals surface area contributed by atoms with Crippen LogP contribution in [0.25, 0.3) is 0 Å². The highest BCUT2D eigenvalue weighted by atomic mass is 32.2. The average molecular weight is 271 g/mol. The molecule has 7 heteroatoms. The first-order valence-electron chi connectivity index (χ1n) is 5.51. The number of nitrogens with zero attached hydrogens (tertiary/aromatic N) is 1. The first kappa shape index (κ1) is 14.4. The number of amides is 1. The van der Waals surface area contributed by atoms with Crippen LogP contribution in [0.4, 0.5) is 5.69 Å². The summed E-state index contributed by atoms with van der Waals surface area (Å²) in [6.07, 6.45) is 3.25. The molecule has 0 fully saturated rings. The van der Waals surface area contributed by atoms with E-state index < -0.39 is 9.84 Å². The highest BCUT2D eigenvalue weighted by Crippen LogP contribution is 2.01. The Kier molecular flexibility index (Phi) is 5.08. The molecule has 1 aromatic heterocycles. The normalized spacial score (nSPS) is 11.2. The van der Waals surface area contributed by atoms with Gasteiger partial charge in [0.05, 0.1) is 24.1 Å². The maximum absolute atomic E-state index is 11.5. The van der Waals surface area contributed by atoms with Crippen molar-refractivity contribution in [3.63, 3.8) is 0 Å². The van der Waals surface area contributed by atoms with E-state index in [1.54, 1.807) is 12.1 Å². The smallest absolute Gasteiger partial charge is 0.226 e. The maximum atomic E-state index is 11.5. The third kappa shape index (κ3) is 6.19. The molecular formula is C11H17N3O3S. The van der Waals surface area contributed by atoms with Crippen molar-refractivity contribution in [3.05, 3.63) is 24.0 Å². The molecule has 0 aliphatic rings. The number of nitrogens with two attached hydrogens (primary N) is 1. The second-order valence-electron chi connectivity index (χ2n) is 4.09. The third-order valence-electron chi connectivity index (χ3n) is 2.20. The van der Waals surface area contributed by atoms with Crippen LogP contribution in [0.3, 0.4) is 0 Å². The standard InChI is InChI=1S/C11H17N3O3S/c1-18(16,17)6-2-5-13-11(15)7-10-4-3-9(12)8-14-10/h3-4,8H,2,5-7,12H2,1H3,(H,13,15). The van der Waals surface area contributed by atoms with Crippen molar-refractivity contribution in [1.82, 2.24) is 10.3 Å². The SMILES string of the molecule is CS(=O)(=O)CCCNC(=O)Cc1ccc(N)cn1. The number of carbonyl (C=O) groups excluding carboxylic acids is 1. The fraction of sp³-hybridized carbons (Fsp3) is 0.455. The summed E-state index contributed by atoms with van der Waals surface area (Å²) < 4.78 is 21.7. The van der Waals surface area contributed by atoms with Crippen LogP contribution < -0.4 is 11.1 Å². The molecule has 18 heavy (non-hydrogen) atoms. The number of aromatic nitrogens is 1. The van der Waals surface area contributed by atoms with E-state index in [2.05, 4.69) is 10.3 Å². The number of carbonyl (C=O) groups is 1. The lowest BCUT2D eigenvalue weighted by Crippen LogP contribution is -2.27. The van der Waals surface area contributed by atoms with Crippen LogP contribution >= 0.6 is 0 Å². The summed E-state index contributed by atoms with van der Waals surface area (Å²) in [5.74, 6) is -0.103. The van der Waals surface area contributed by atoms with Gasteiger partial charge >= 0.3 is 0 Å². The molecule has 1 heterocycles. The molecule has 0 bridgehead atoms. The van der Waals surface area contributed by atoms with E-state index in [9.17, 15) is 13.2 Å². The van der Waals surface area contributed by atoms with Gasteiger partial charge in [0, 0.05) is 18.5 Å². The number of rotatable bonds is 6. The van der Waals surface area contributed by atoms with Gasteiger partial charge in [-0.25, -0.2) is 8.42 Å². The van der Waals surface area contributed by atoms with Crippen LogP contribution in [0.15, 0.2) is 18.3 Å². The van der Waals surface area contributed by atoms with Crippen LogP contribution in [0, 0.1) is 0 Å². The minimum atomic E-state index is -2.96. The number of hydrogen-bond donors (Lipinski definition) is 2. The van der Waals surface area contributed by atoms with Crippen molar-refractivity contribution in [1.29, 1.82) is 0 Å². The molecule has 100 valence electrons. The topological polar surface area (TPSA) is 102 Å². The van der Waals surface area contributed by atoms with Crippen molar-refractivity contribution < 1.29 is 13.2 Å². The minimum Gasteiger partial charge on any atom is -0.397 e.